The first-order chi connectivity index (χ1) is 11.8. The van der Waals surface area contributed by atoms with Gasteiger partial charge in [0.25, 0.3) is 0 Å². The van der Waals surface area contributed by atoms with E-state index < -0.39 is 0 Å². The second-order valence-electron chi connectivity index (χ2n) is 6.54. The van der Waals surface area contributed by atoms with Crippen molar-refractivity contribution < 1.29 is 9.59 Å². The summed E-state index contributed by atoms with van der Waals surface area (Å²) in [6, 6.07) is 8.12. The van der Waals surface area contributed by atoms with Crippen LogP contribution in [0.5, 0.6) is 0 Å². The second-order valence-corrected chi connectivity index (χ2v) is 9.12. The minimum Gasteiger partial charge on any atom is -0.354 e. The van der Waals surface area contributed by atoms with E-state index in [-0.39, 0.29) is 29.1 Å². The topological polar surface area (TPSA) is 71.1 Å². The average molecular weight is 380 g/mol. The minimum absolute atomic E-state index is 0.0361. The van der Waals surface area contributed by atoms with Gasteiger partial charge in [-0.3, -0.25) is 9.59 Å². The number of amides is 2. The van der Waals surface area contributed by atoms with Crippen molar-refractivity contribution in [1.82, 2.24) is 15.6 Å². The zero-order chi connectivity index (χ0) is 18.4. The molecule has 2 amide bonds. The molecule has 0 aliphatic heterocycles. The Morgan fingerprint density at radius 2 is 1.60 bits per heavy atom. The molecule has 2 rings (SSSR count). The molecule has 0 aliphatic rings. The zero-order valence-corrected chi connectivity index (χ0v) is 16.7. The van der Waals surface area contributed by atoms with Crippen LogP contribution in [-0.2, 0) is 9.59 Å². The lowest BCUT2D eigenvalue weighted by atomic mass is 10.2. The SMILES string of the molecule is CC(C)NC(=O)CC(CC(=O)NC(C)C)Sc1nc2ccccc2s1. The first kappa shape index (κ1) is 19.7. The van der Waals surface area contributed by atoms with Crippen LogP contribution in [0.15, 0.2) is 28.6 Å². The van der Waals surface area contributed by atoms with Gasteiger partial charge in [-0.2, -0.15) is 0 Å². The molecule has 0 aliphatic carbocycles. The van der Waals surface area contributed by atoms with Gasteiger partial charge in [0.15, 0.2) is 4.34 Å². The number of hydrogen-bond donors (Lipinski definition) is 2. The van der Waals surface area contributed by atoms with Crippen LogP contribution in [0, 0.1) is 0 Å². The Morgan fingerprint density at radius 1 is 1.04 bits per heavy atom. The molecule has 136 valence electrons. The number of benzene rings is 1. The van der Waals surface area contributed by atoms with Crippen molar-refractivity contribution in [3.8, 4) is 0 Å². The number of fused-ring (bicyclic) bond motifs is 1. The maximum atomic E-state index is 12.2. The molecule has 0 radical (unpaired) electrons. The van der Waals surface area contributed by atoms with Crippen molar-refractivity contribution >= 4 is 45.1 Å². The summed E-state index contributed by atoms with van der Waals surface area (Å²) in [5.41, 5.74) is 0.951. The molecule has 7 heteroatoms. The molecule has 0 atom stereocenters. The van der Waals surface area contributed by atoms with E-state index in [9.17, 15) is 9.59 Å². The van der Waals surface area contributed by atoms with Gasteiger partial charge >= 0.3 is 0 Å². The van der Waals surface area contributed by atoms with E-state index in [0.717, 1.165) is 14.6 Å². The fourth-order valence-electron chi connectivity index (χ4n) is 2.37. The van der Waals surface area contributed by atoms with Gasteiger partial charge in [-0.05, 0) is 39.8 Å². The van der Waals surface area contributed by atoms with E-state index in [2.05, 4.69) is 15.6 Å². The number of thiazole rings is 1. The summed E-state index contributed by atoms with van der Waals surface area (Å²) in [7, 11) is 0. The standard InChI is InChI=1S/C18H25N3O2S2/c1-11(2)19-16(22)9-13(10-17(23)20-12(3)4)24-18-21-14-7-5-6-8-15(14)25-18/h5-8,11-13H,9-10H2,1-4H3,(H,19,22)(H,20,23). The molecule has 5 nitrogen and oxygen atoms in total. The van der Waals surface area contributed by atoms with E-state index in [0.29, 0.717) is 12.8 Å². The van der Waals surface area contributed by atoms with Gasteiger partial charge in [0, 0.05) is 30.2 Å². The number of rotatable bonds is 8. The number of aromatic nitrogens is 1. The molecule has 0 spiro atoms. The number of carbonyl (C=O) groups excluding carboxylic acids is 2. The molecule has 1 aromatic carbocycles. The summed E-state index contributed by atoms with van der Waals surface area (Å²) in [6.07, 6.45) is 0.592. The number of thioether (sulfide) groups is 1. The Bertz CT molecular complexity index is 671. The van der Waals surface area contributed by atoms with E-state index >= 15 is 0 Å². The lowest BCUT2D eigenvalue weighted by Gasteiger charge is -2.17. The highest BCUT2D eigenvalue weighted by molar-refractivity contribution is 8.01. The third-order valence-corrected chi connectivity index (χ3v) is 5.60. The van der Waals surface area contributed by atoms with Crippen molar-refractivity contribution in [2.45, 2.75) is 62.2 Å². The maximum absolute atomic E-state index is 12.2. The van der Waals surface area contributed by atoms with Crippen molar-refractivity contribution in [2.24, 2.45) is 0 Å². The van der Waals surface area contributed by atoms with Crippen LogP contribution in [0.25, 0.3) is 10.2 Å². The summed E-state index contributed by atoms with van der Waals surface area (Å²) >= 11 is 3.11. The minimum atomic E-state index is -0.141. The van der Waals surface area contributed by atoms with E-state index in [4.69, 9.17) is 0 Å². The third kappa shape index (κ3) is 6.66. The number of para-hydroxylation sites is 1. The average Bonchev–Trinajstić information content (AvgIpc) is 2.87. The molecule has 0 saturated carbocycles. The molecular weight excluding hydrogens is 354 g/mol. The maximum Gasteiger partial charge on any atom is 0.221 e. The molecular formula is C18H25N3O2S2. The quantitative estimate of drug-likeness (QED) is 0.688. The van der Waals surface area contributed by atoms with Crippen LogP contribution in [0.2, 0.25) is 0 Å². The monoisotopic (exact) mass is 379 g/mol. The first-order valence-electron chi connectivity index (χ1n) is 8.44. The summed E-state index contributed by atoms with van der Waals surface area (Å²) in [5, 5.41) is 5.66. The smallest absolute Gasteiger partial charge is 0.221 e. The lowest BCUT2D eigenvalue weighted by molar-refractivity contribution is -0.122. The van der Waals surface area contributed by atoms with Crippen molar-refractivity contribution in [2.75, 3.05) is 0 Å². The molecule has 0 bridgehead atoms. The van der Waals surface area contributed by atoms with E-state index in [1.165, 1.54) is 11.8 Å². The van der Waals surface area contributed by atoms with Gasteiger partial charge < -0.3 is 10.6 Å². The Morgan fingerprint density at radius 3 is 2.12 bits per heavy atom. The fraction of sp³-hybridized carbons (Fsp3) is 0.500. The number of nitrogens with one attached hydrogen (secondary N) is 2. The molecule has 25 heavy (non-hydrogen) atoms. The highest BCUT2D eigenvalue weighted by atomic mass is 32.2. The highest BCUT2D eigenvalue weighted by Crippen LogP contribution is 2.34. The Hall–Kier alpha value is -1.60. The normalized spacial score (nSPS) is 11.5. The summed E-state index contributed by atoms with van der Waals surface area (Å²) in [5.74, 6) is -0.0723. The van der Waals surface area contributed by atoms with Gasteiger partial charge in [-0.15, -0.1) is 11.3 Å². The van der Waals surface area contributed by atoms with Gasteiger partial charge in [-0.1, -0.05) is 23.9 Å². The Labute approximate surface area is 157 Å². The zero-order valence-electron chi connectivity index (χ0n) is 15.0. The lowest BCUT2D eigenvalue weighted by Crippen LogP contribution is -2.35. The van der Waals surface area contributed by atoms with Crippen LogP contribution in [-0.4, -0.2) is 34.1 Å². The summed E-state index contributed by atoms with van der Waals surface area (Å²) in [6.45, 7) is 7.72. The summed E-state index contributed by atoms with van der Waals surface area (Å²) < 4.78 is 2.00. The molecule has 0 saturated heterocycles. The molecule has 0 unspecified atom stereocenters. The second kappa shape index (κ2) is 9.20. The highest BCUT2D eigenvalue weighted by Gasteiger charge is 2.21. The number of nitrogens with zero attached hydrogens (tertiary/aromatic N) is 1. The van der Waals surface area contributed by atoms with Crippen molar-refractivity contribution in [1.29, 1.82) is 0 Å². The molecule has 1 aromatic heterocycles. The fourth-order valence-corrected chi connectivity index (χ4v) is 4.85. The molecule has 2 N–H and O–H groups in total. The van der Waals surface area contributed by atoms with Crippen LogP contribution in [0.4, 0.5) is 0 Å². The van der Waals surface area contributed by atoms with Crippen LogP contribution < -0.4 is 10.6 Å². The molecule has 0 fully saturated rings. The van der Waals surface area contributed by atoms with Crippen LogP contribution >= 0.6 is 23.1 Å². The predicted molar refractivity (Wildman–Crippen MR) is 105 cm³/mol. The van der Waals surface area contributed by atoms with E-state index in [1.54, 1.807) is 11.3 Å². The van der Waals surface area contributed by atoms with Crippen molar-refractivity contribution in [3.05, 3.63) is 24.3 Å². The largest absolute Gasteiger partial charge is 0.354 e. The number of hydrogen-bond acceptors (Lipinski definition) is 5. The van der Waals surface area contributed by atoms with Gasteiger partial charge in [-0.25, -0.2) is 4.98 Å². The third-order valence-electron chi connectivity index (χ3n) is 3.27. The van der Waals surface area contributed by atoms with E-state index in [1.807, 2.05) is 52.0 Å². The predicted octanol–water partition coefficient (Wildman–Crippen LogP) is 3.59. The molecule has 1 heterocycles. The van der Waals surface area contributed by atoms with Crippen LogP contribution in [0.3, 0.4) is 0 Å². The van der Waals surface area contributed by atoms with Gasteiger partial charge in [0.05, 0.1) is 10.2 Å². The Balaban J connectivity index is 2.08. The van der Waals surface area contributed by atoms with Crippen LogP contribution in [0.1, 0.15) is 40.5 Å². The first-order valence-corrected chi connectivity index (χ1v) is 10.1. The van der Waals surface area contributed by atoms with Gasteiger partial charge in [0.2, 0.25) is 11.8 Å². The summed E-state index contributed by atoms with van der Waals surface area (Å²) in [4.78, 5) is 28.9. The van der Waals surface area contributed by atoms with Gasteiger partial charge in [0.1, 0.15) is 0 Å². The number of carbonyl (C=O) groups is 2. The van der Waals surface area contributed by atoms with Crippen molar-refractivity contribution in [3.63, 3.8) is 0 Å². The Kier molecular flexibility index (Phi) is 7.25. The molecule has 2 aromatic rings.